The van der Waals surface area contributed by atoms with Crippen LogP contribution in [0, 0.1) is 17.3 Å². The van der Waals surface area contributed by atoms with Crippen LogP contribution in [0.25, 0.3) is 5.70 Å². The summed E-state index contributed by atoms with van der Waals surface area (Å²) in [5, 5.41) is 29.2. The van der Waals surface area contributed by atoms with Crippen LogP contribution in [-0.4, -0.2) is 34.0 Å². The molecule has 0 unspecified atom stereocenters. The number of rotatable bonds is 4. The van der Waals surface area contributed by atoms with Crippen LogP contribution in [0.3, 0.4) is 0 Å². The van der Waals surface area contributed by atoms with Crippen LogP contribution in [-0.2, 0) is 9.63 Å². The molecule has 0 bridgehead atoms. The number of carbonyl (C=O) groups is 1. The van der Waals surface area contributed by atoms with Crippen molar-refractivity contribution >= 4 is 11.7 Å². The molecule has 0 amide bonds. The highest BCUT2D eigenvalue weighted by Gasteiger charge is 2.54. The third kappa shape index (κ3) is 2.68. The number of carboxylic acid groups (broad SMARTS) is 1. The van der Waals surface area contributed by atoms with Gasteiger partial charge in [0.05, 0.1) is 11.8 Å². The van der Waals surface area contributed by atoms with E-state index in [1.165, 1.54) is 0 Å². The van der Waals surface area contributed by atoms with Crippen LogP contribution >= 0.6 is 0 Å². The first-order valence-corrected chi connectivity index (χ1v) is 9.23. The first-order valence-electron chi connectivity index (χ1n) is 9.23. The number of aromatic hydroxyl groups is 1. The Bertz CT molecular complexity index is 761. The molecular weight excluding hydrogens is 334 g/mol. The summed E-state index contributed by atoms with van der Waals surface area (Å²) in [7, 11) is 0. The van der Waals surface area contributed by atoms with E-state index in [0.717, 1.165) is 36.8 Å². The van der Waals surface area contributed by atoms with Crippen molar-refractivity contribution in [3.05, 3.63) is 35.4 Å². The van der Waals surface area contributed by atoms with E-state index in [1.807, 2.05) is 6.07 Å². The molecule has 1 aromatic rings. The van der Waals surface area contributed by atoms with Crippen molar-refractivity contribution in [2.45, 2.75) is 44.6 Å². The summed E-state index contributed by atoms with van der Waals surface area (Å²) in [5.74, 6) is 0.115. The normalized spacial score (nSPS) is 35.1. The topological polar surface area (TPSA) is 99.0 Å². The van der Waals surface area contributed by atoms with Gasteiger partial charge in [0, 0.05) is 5.56 Å². The number of carboxylic acids is 1. The number of aliphatic hydroxyl groups excluding tert-OH is 1. The number of fused-ring (bicyclic) bond motifs is 5. The standard InChI is InChI=1S/C20H25NO5/c1-20-7-6-13-12-3-2-11(22)8-15(12)17(21-26-10-19(24)25)9-14(13)16(20)4-5-18(20)23/h2-3,8-9,13-14,16,18,21-23H,4-7,10H2,1H3,(H,24,25)/t13-,14-,16+,18+,20+/m1/s1. The largest absolute Gasteiger partial charge is 0.508 e. The number of aliphatic carboxylic acids is 1. The molecule has 2 saturated carbocycles. The number of allylic oxidation sites excluding steroid dienone is 1. The van der Waals surface area contributed by atoms with Gasteiger partial charge < -0.3 is 15.3 Å². The lowest BCUT2D eigenvalue weighted by Crippen LogP contribution is -2.43. The predicted molar refractivity (Wildman–Crippen MR) is 95.1 cm³/mol. The van der Waals surface area contributed by atoms with Gasteiger partial charge in [0.2, 0.25) is 0 Å². The fourth-order valence-corrected chi connectivity index (χ4v) is 5.41. The maximum atomic E-state index is 10.7. The van der Waals surface area contributed by atoms with Gasteiger partial charge in [0.1, 0.15) is 5.75 Å². The zero-order chi connectivity index (χ0) is 18.5. The molecule has 6 nitrogen and oxygen atoms in total. The first-order chi connectivity index (χ1) is 12.4. The Kier molecular flexibility index (Phi) is 4.20. The minimum Gasteiger partial charge on any atom is -0.508 e. The fourth-order valence-electron chi connectivity index (χ4n) is 5.41. The molecule has 0 saturated heterocycles. The van der Waals surface area contributed by atoms with E-state index in [9.17, 15) is 15.0 Å². The molecule has 1 aromatic carbocycles. The summed E-state index contributed by atoms with van der Waals surface area (Å²) in [6.45, 7) is 1.75. The van der Waals surface area contributed by atoms with E-state index in [1.54, 1.807) is 12.1 Å². The van der Waals surface area contributed by atoms with Gasteiger partial charge in [-0.05, 0) is 66.5 Å². The third-order valence-electron chi connectivity index (χ3n) is 6.75. The van der Waals surface area contributed by atoms with Crippen molar-refractivity contribution in [2.75, 3.05) is 6.61 Å². The Labute approximate surface area is 152 Å². The van der Waals surface area contributed by atoms with E-state index < -0.39 is 12.6 Å². The molecule has 2 fully saturated rings. The second-order valence-corrected chi connectivity index (χ2v) is 8.06. The van der Waals surface area contributed by atoms with E-state index in [4.69, 9.17) is 9.94 Å². The molecule has 0 heterocycles. The summed E-state index contributed by atoms with van der Waals surface area (Å²) >= 11 is 0. The molecule has 4 N–H and O–H groups in total. The Morgan fingerprint density at radius 1 is 1.35 bits per heavy atom. The van der Waals surface area contributed by atoms with E-state index in [-0.39, 0.29) is 23.2 Å². The zero-order valence-corrected chi connectivity index (χ0v) is 14.8. The summed E-state index contributed by atoms with van der Waals surface area (Å²) < 4.78 is 0. The highest BCUT2D eigenvalue weighted by Crippen LogP contribution is 2.60. The quantitative estimate of drug-likeness (QED) is 0.617. The van der Waals surface area contributed by atoms with Crippen LogP contribution in [0.15, 0.2) is 24.3 Å². The molecule has 3 aliphatic carbocycles. The van der Waals surface area contributed by atoms with E-state index in [0.29, 0.717) is 17.5 Å². The zero-order valence-electron chi connectivity index (χ0n) is 14.8. The molecule has 0 radical (unpaired) electrons. The number of hydrogen-bond donors (Lipinski definition) is 4. The number of aliphatic hydroxyl groups is 1. The molecule has 6 heteroatoms. The van der Waals surface area contributed by atoms with E-state index >= 15 is 0 Å². The third-order valence-corrected chi connectivity index (χ3v) is 6.75. The van der Waals surface area contributed by atoms with Crippen LogP contribution < -0.4 is 5.48 Å². The van der Waals surface area contributed by atoms with E-state index in [2.05, 4.69) is 18.5 Å². The summed E-state index contributed by atoms with van der Waals surface area (Å²) in [4.78, 5) is 15.9. The lowest BCUT2D eigenvalue weighted by Gasteiger charge is -2.48. The van der Waals surface area contributed by atoms with Crippen LogP contribution in [0.1, 0.15) is 49.7 Å². The van der Waals surface area contributed by atoms with Gasteiger partial charge in [0.25, 0.3) is 0 Å². The maximum absolute atomic E-state index is 10.7. The van der Waals surface area contributed by atoms with Gasteiger partial charge in [-0.15, -0.1) is 0 Å². The van der Waals surface area contributed by atoms with Gasteiger partial charge in [0.15, 0.2) is 6.61 Å². The number of nitrogens with one attached hydrogen (secondary N) is 1. The maximum Gasteiger partial charge on any atom is 0.332 e. The Morgan fingerprint density at radius 3 is 2.92 bits per heavy atom. The van der Waals surface area contributed by atoms with Crippen molar-refractivity contribution < 1.29 is 25.0 Å². The SMILES string of the molecule is C[C@]12CC[C@@H]3c4ccc(O)cc4C(NOCC(=O)O)=C[C@H]3[C@@H]1CC[C@@H]2O. The predicted octanol–water partition coefficient (Wildman–Crippen LogP) is 2.62. The van der Waals surface area contributed by atoms with Crippen molar-refractivity contribution in [3.8, 4) is 5.75 Å². The number of phenolic OH excluding ortho intramolecular Hbond substituents is 1. The van der Waals surface area contributed by atoms with Crippen molar-refractivity contribution in [1.82, 2.24) is 5.48 Å². The molecule has 3 aliphatic rings. The number of hydrogen-bond acceptors (Lipinski definition) is 5. The Hall–Kier alpha value is -2.05. The van der Waals surface area contributed by atoms with Crippen LogP contribution in [0.2, 0.25) is 0 Å². The lowest BCUT2D eigenvalue weighted by atomic mass is 9.56. The molecule has 0 spiro atoms. The fraction of sp³-hybridized carbons (Fsp3) is 0.550. The first kappa shape index (κ1) is 17.4. The summed E-state index contributed by atoms with van der Waals surface area (Å²) in [6.07, 6.45) is 5.67. The lowest BCUT2D eigenvalue weighted by molar-refractivity contribution is -0.143. The second-order valence-electron chi connectivity index (χ2n) is 8.06. The van der Waals surface area contributed by atoms with Gasteiger partial charge in [-0.25, -0.2) is 4.79 Å². The highest BCUT2D eigenvalue weighted by molar-refractivity contribution is 5.72. The Balaban J connectivity index is 1.71. The Morgan fingerprint density at radius 2 is 2.15 bits per heavy atom. The summed E-state index contributed by atoms with van der Waals surface area (Å²) in [6, 6.07) is 5.36. The average molecular weight is 359 g/mol. The molecule has 5 atom stereocenters. The van der Waals surface area contributed by atoms with Gasteiger partial charge >= 0.3 is 5.97 Å². The van der Waals surface area contributed by atoms with Gasteiger partial charge in [-0.2, -0.15) is 0 Å². The molecule has 4 rings (SSSR count). The van der Waals surface area contributed by atoms with Crippen LogP contribution in [0.4, 0.5) is 0 Å². The smallest absolute Gasteiger partial charge is 0.332 e. The average Bonchev–Trinajstić information content (AvgIpc) is 2.90. The van der Waals surface area contributed by atoms with Crippen molar-refractivity contribution in [1.29, 1.82) is 0 Å². The number of hydroxylamine groups is 1. The molecule has 140 valence electrons. The minimum absolute atomic E-state index is 0.0703. The monoisotopic (exact) mass is 359 g/mol. The second kappa shape index (κ2) is 6.28. The van der Waals surface area contributed by atoms with Crippen LogP contribution in [0.5, 0.6) is 5.75 Å². The van der Waals surface area contributed by atoms with Crippen molar-refractivity contribution in [3.63, 3.8) is 0 Å². The van der Waals surface area contributed by atoms with Gasteiger partial charge in [-0.1, -0.05) is 19.1 Å². The number of phenols is 1. The summed E-state index contributed by atoms with van der Waals surface area (Å²) in [5.41, 5.74) is 5.42. The molecule has 0 aliphatic heterocycles. The molecular formula is C20H25NO5. The van der Waals surface area contributed by atoms with Gasteiger partial charge in [-0.3, -0.25) is 10.3 Å². The number of benzene rings is 1. The minimum atomic E-state index is -1.05. The van der Waals surface area contributed by atoms with Crippen molar-refractivity contribution in [2.24, 2.45) is 17.3 Å². The molecule has 0 aromatic heterocycles. The molecule has 26 heavy (non-hydrogen) atoms. The highest BCUT2D eigenvalue weighted by atomic mass is 16.7.